The molecule has 0 spiro atoms. The number of benzene rings is 5. The van der Waals surface area contributed by atoms with E-state index in [4.69, 9.17) is 9.97 Å². The summed E-state index contributed by atoms with van der Waals surface area (Å²) < 4.78 is 14.4. The molecule has 0 atom stereocenters. The fraction of sp³-hybridized carbons (Fsp3) is 0. The molecule has 0 radical (unpaired) electrons. The van der Waals surface area contributed by atoms with E-state index in [2.05, 4.69) is 91.0 Å². The SMILES string of the molecule is Fc1ccc(-c2ccc(-c3ccc4cc(-c5ccc(-c6nc7ccccc7s6)cc5)cnc4c3)cc2)cc1. The molecule has 0 aliphatic heterocycles. The van der Waals surface area contributed by atoms with E-state index in [1.54, 1.807) is 23.5 Å². The summed E-state index contributed by atoms with van der Waals surface area (Å²) in [7, 11) is 0. The van der Waals surface area contributed by atoms with Crippen molar-refractivity contribution in [1.29, 1.82) is 0 Å². The summed E-state index contributed by atoms with van der Waals surface area (Å²) in [5, 5.41) is 2.14. The third-order valence-electron chi connectivity index (χ3n) is 6.84. The van der Waals surface area contributed by atoms with Crippen LogP contribution in [0.3, 0.4) is 0 Å². The van der Waals surface area contributed by atoms with Crippen LogP contribution in [-0.2, 0) is 0 Å². The van der Waals surface area contributed by atoms with Gasteiger partial charge in [-0.25, -0.2) is 9.37 Å². The van der Waals surface area contributed by atoms with Crippen LogP contribution in [0, 0.1) is 5.82 Å². The van der Waals surface area contributed by atoms with Crippen molar-refractivity contribution < 1.29 is 4.39 Å². The molecular formula is C34H21FN2S. The Morgan fingerprint density at radius 3 is 1.79 bits per heavy atom. The Hall–Kier alpha value is -4.67. The number of aromatic nitrogens is 2. The fourth-order valence-electron chi connectivity index (χ4n) is 4.76. The number of hydrogen-bond donors (Lipinski definition) is 0. The van der Waals surface area contributed by atoms with Crippen molar-refractivity contribution in [2.45, 2.75) is 0 Å². The Balaban J connectivity index is 1.14. The largest absolute Gasteiger partial charge is 0.256 e. The number of thiazole rings is 1. The number of hydrogen-bond acceptors (Lipinski definition) is 3. The van der Waals surface area contributed by atoms with Gasteiger partial charge in [-0.2, -0.15) is 0 Å². The first kappa shape index (κ1) is 22.5. The van der Waals surface area contributed by atoms with E-state index in [1.165, 1.54) is 16.8 Å². The second-order valence-corrected chi connectivity index (χ2v) is 10.3. The molecule has 0 saturated heterocycles. The second-order valence-electron chi connectivity index (χ2n) is 9.28. The maximum Gasteiger partial charge on any atom is 0.124 e. The van der Waals surface area contributed by atoms with Crippen LogP contribution < -0.4 is 0 Å². The number of halogens is 1. The van der Waals surface area contributed by atoms with Gasteiger partial charge in [0.2, 0.25) is 0 Å². The van der Waals surface area contributed by atoms with E-state index in [0.29, 0.717) is 0 Å². The highest BCUT2D eigenvalue weighted by molar-refractivity contribution is 7.21. The molecule has 2 nitrogen and oxygen atoms in total. The van der Waals surface area contributed by atoms with Crippen LogP contribution in [0.5, 0.6) is 0 Å². The molecule has 38 heavy (non-hydrogen) atoms. The lowest BCUT2D eigenvalue weighted by Gasteiger charge is -2.08. The van der Waals surface area contributed by atoms with Gasteiger partial charge in [-0.15, -0.1) is 11.3 Å². The molecule has 2 heterocycles. The molecule has 0 saturated carbocycles. The van der Waals surface area contributed by atoms with E-state index >= 15 is 0 Å². The average Bonchev–Trinajstić information content (AvgIpc) is 3.42. The van der Waals surface area contributed by atoms with Gasteiger partial charge in [-0.3, -0.25) is 4.98 Å². The summed E-state index contributed by atoms with van der Waals surface area (Å²) in [4.78, 5) is 9.56. The monoisotopic (exact) mass is 508 g/mol. The van der Waals surface area contributed by atoms with Gasteiger partial charge in [0.05, 0.1) is 15.7 Å². The lowest BCUT2D eigenvalue weighted by molar-refractivity contribution is 0.628. The molecular weight excluding hydrogens is 487 g/mol. The van der Waals surface area contributed by atoms with Crippen molar-refractivity contribution >= 4 is 32.5 Å². The number of pyridine rings is 1. The van der Waals surface area contributed by atoms with Crippen LogP contribution in [-0.4, -0.2) is 9.97 Å². The Kier molecular flexibility index (Phi) is 5.53. The minimum atomic E-state index is -0.223. The molecule has 0 N–H and O–H groups in total. The molecule has 0 bridgehead atoms. The van der Waals surface area contributed by atoms with E-state index in [0.717, 1.165) is 60.4 Å². The summed E-state index contributed by atoms with van der Waals surface area (Å²) >= 11 is 1.72. The predicted octanol–water partition coefficient (Wildman–Crippen LogP) is 9.65. The first-order valence-corrected chi connectivity index (χ1v) is 13.2. The predicted molar refractivity (Wildman–Crippen MR) is 157 cm³/mol. The van der Waals surface area contributed by atoms with E-state index in [-0.39, 0.29) is 5.82 Å². The van der Waals surface area contributed by atoms with Crippen LogP contribution in [0.1, 0.15) is 0 Å². The van der Waals surface area contributed by atoms with Gasteiger partial charge < -0.3 is 0 Å². The van der Waals surface area contributed by atoms with Crippen molar-refractivity contribution in [1.82, 2.24) is 9.97 Å². The highest BCUT2D eigenvalue weighted by atomic mass is 32.1. The van der Waals surface area contributed by atoms with Crippen molar-refractivity contribution in [3.8, 4) is 44.0 Å². The third kappa shape index (κ3) is 4.25. The van der Waals surface area contributed by atoms with Gasteiger partial charge in [0.1, 0.15) is 10.8 Å². The van der Waals surface area contributed by atoms with Crippen LogP contribution in [0.15, 0.2) is 128 Å². The van der Waals surface area contributed by atoms with Crippen molar-refractivity contribution in [2.24, 2.45) is 0 Å². The zero-order valence-electron chi connectivity index (χ0n) is 20.3. The smallest absolute Gasteiger partial charge is 0.124 e. The third-order valence-corrected chi connectivity index (χ3v) is 7.92. The Bertz CT molecular complexity index is 1870. The minimum absolute atomic E-state index is 0.223. The van der Waals surface area contributed by atoms with Crippen molar-refractivity contribution in [2.75, 3.05) is 0 Å². The van der Waals surface area contributed by atoms with Gasteiger partial charge >= 0.3 is 0 Å². The maximum atomic E-state index is 13.2. The van der Waals surface area contributed by atoms with Crippen LogP contribution in [0.4, 0.5) is 4.39 Å². The Morgan fingerprint density at radius 1 is 0.500 bits per heavy atom. The first-order chi connectivity index (χ1) is 18.7. The van der Waals surface area contributed by atoms with E-state index in [1.807, 2.05) is 12.3 Å². The Morgan fingerprint density at radius 2 is 1.08 bits per heavy atom. The zero-order valence-corrected chi connectivity index (χ0v) is 21.1. The number of para-hydroxylation sites is 1. The molecule has 0 aliphatic carbocycles. The minimum Gasteiger partial charge on any atom is -0.256 e. The van der Waals surface area contributed by atoms with E-state index < -0.39 is 0 Å². The molecule has 0 unspecified atom stereocenters. The van der Waals surface area contributed by atoms with Gasteiger partial charge in [0, 0.05) is 22.7 Å². The number of nitrogens with zero attached hydrogens (tertiary/aromatic N) is 2. The highest BCUT2D eigenvalue weighted by Gasteiger charge is 2.08. The standard InChI is InChI=1S/C34H21FN2S/c35-30-17-15-23(16-18-30)22-5-7-24(8-6-22)27-13-14-28-19-29(21-36-32(28)20-27)25-9-11-26(12-10-25)34-37-31-3-1-2-4-33(31)38-34/h1-21H. The number of fused-ring (bicyclic) bond motifs is 2. The Labute approximate surface area is 223 Å². The van der Waals surface area contributed by atoms with E-state index in [9.17, 15) is 4.39 Å². The van der Waals surface area contributed by atoms with Gasteiger partial charge in [0.25, 0.3) is 0 Å². The maximum absolute atomic E-state index is 13.2. The van der Waals surface area contributed by atoms with Gasteiger partial charge in [-0.05, 0) is 64.2 Å². The summed E-state index contributed by atoms with van der Waals surface area (Å²) in [6.45, 7) is 0. The lowest BCUT2D eigenvalue weighted by atomic mass is 9.98. The van der Waals surface area contributed by atoms with Gasteiger partial charge in [0.15, 0.2) is 0 Å². The molecule has 0 aliphatic rings. The quantitative estimate of drug-likeness (QED) is 0.236. The molecule has 7 rings (SSSR count). The van der Waals surface area contributed by atoms with Crippen molar-refractivity contribution in [3.05, 3.63) is 133 Å². The molecule has 7 aromatic rings. The van der Waals surface area contributed by atoms with Crippen LogP contribution in [0.2, 0.25) is 0 Å². The second kappa shape index (κ2) is 9.33. The molecule has 4 heteroatoms. The van der Waals surface area contributed by atoms with Crippen LogP contribution in [0.25, 0.3) is 65.1 Å². The summed E-state index contributed by atoms with van der Waals surface area (Å²) in [5.74, 6) is -0.223. The fourth-order valence-corrected chi connectivity index (χ4v) is 5.73. The summed E-state index contributed by atoms with van der Waals surface area (Å²) in [6, 6.07) is 40.3. The summed E-state index contributed by atoms with van der Waals surface area (Å²) in [5.41, 5.74) is 9.63. The normalized spacial score (nSPS) is 11.3. The molecule has 0 fully saturated rings. The van der Waals surface area contributed by atoms with Crippen molar-refractivity contribution in [3.63, 3.8) is 0 Å². The van der Waals surface area contributed by atoms with Gasteiger partial charge in [-0.1, -0.05) is 84.9 Å². The lowest BCUT2D eigenvalue weighted by Crippen LogP contribution is -1.86. The highest BCUT2D eigenvalue weighted by Crippen LogP contribution is 2.33. The first-order valence-electron chi connectivity index (χ1n) is 12.4. The topological polar surface area (TPSA) is 25.8 Å². The van der Waals surface area contributed by atoms with Crippen LogP contribution >= 0.6 is 11.3 Å². The number of rotatable bonds is 4. The summed E-state index contributed by atoms with van der Waals surface area (Å²) in [6.07, 6.45) is 1.94. The molecule has 2 aromatic heterocycles. The average molecular weight is 509 g/mol. The zero-order chi connectivity index (χ0) is 25.5. The molecule has 5 aromatic carbocycles. The molecule has 0 amide bonds. The molecule has 180 valence electrons.